The Morgan fingerprint density at radius 1 is 1.16 bits per heavy atom. The number of halogens is 1. The summed E-state index contributed by atoms with van der Waals surface area (Å²) in [5.74, 6) is 0.576. The van der Waals surface area contributed by atoms with Gasteiger partial charge in [0.25, 0.3) is 0 Å². The molecule has 0 unspecified atom stereocenters. The van der Waals surface area contributed by atoms with E-state index in [1.54, 1.807) is 0 Å². The number of carbonyl (C=O) groups is 2. The average Bonchev–Trinajstić information content (AvgIpc) is 3.38. The average molecular weight is 526 g/mol. The third kappa shape index (κ3) is 3.44. The van der Waals surface area contributed by atoms with Crippen LogP contribution in [0.1, 0.15) is 71.3 Å². The number of rotatable bonds is 4. The molecule has 198 valence electrons. The molecule has 0 radical (unpaired) electrons. The topological polar surface area (TPSA) is 85.2 Å². The smallest absolute Gasteiger partial charge is 0.302 e. The van der Waals surface area contributed by atoms with Crippen LogP contribution in [-0.2, 0) is 19.2 Å². The summed E-state index contributed by atoms with van der Waals surface area (Å²) < 4.78 is 5.59. The van der Waals surface area contributed by atoms with Gasteiger partial charge in [-0.05, 0) is 79.4 Å². The first-order valence-electron chi connectivity index (χ1n) is 13.7. The van der Waals surface area contributed by atoms with E-state index < -0.39 is 17.6 Å². The molecule has 3 saturated carbocycles. The molecule has 4 aliphatic carbocycles. The Morgan fingerprint density at radius 3 is 2.62 bits per heavy atom. The van der Waals surface area contributed by atoms with Gasteiger partial charge in [-0.2, -0.15) is 0 Å². The van der Waals surface area contributed by atoms with Gasteiger partial charge in [-0.15, -0.1) is 0 Å². The number of oxime groups is 1. The molecule has 8 atom stereocenters. The van der Waals surface area contributed by atoms with Crippen molar-refractivity contribution in [3.8, 4) is 0 Å². The van der Waals surface area contributed by atoms with Gasteiger partial charge in [-0.25, -0.2) is 0 Å². The maximum absolute atomic E-state index is 13.6. The van der Waals surface area contributed by atoms with Crippen molar-refractivity contribution in [3.63, 3.8) is 0 Å². The number of hydrogen-bond acceptors (Lipinski definition) is 6. The molecule has 0 spiro atoms. The van der Waals surface area contributed by atoms with Crippen LogP contribution in [0, 0.1) is 34.5 Å². The van der Waals surface area contributed by atoms with Crippen molar-refractivity contribution in [2.45, 2.75) is 77.4 Å². The van der Waals surface area contributed by atoms with Crippen molar-refractivity contribution < 1.29 is 24.3 Å². The van der Waals surface area contributed by atoms with E-state index in [4.69, 9.17) is 21.2 Å². The highest BCUT2D eigenvalue weighted by Crippen LogP contribution is 2.70. The van der Waals surface area contributed by atoms with Crippen molar-refractivity contribution in [2.75, 3.05) is 6.61 Å². The van der Waals surface area contributed by atoms with Gasteiger partial charge in [0.2, 0.25) is 11.4 Å². The lowest BCUT2D eigenvalue weighted by Gasteiger charge is -2.58. The largest absolute Gasteiger partial charge is 0.462 e. The SMILES string of the molecule is CC(=O)O[C@H]1CC[C@@]2(C)C(=CC[C@@H]3[C@@H]2CC[C@@]2(C)[C@H]3C[C@H]3C(c4ccc(Cl)cc4)=NO[C@]32C(=O)CO)C1. The summed E-state index contributed by atoms with van der Waals surface area (Å²) >= 11 is 6.14. The lowest BCUT2D eigenvalue weighted by atomic mass is 9.46. The van der Waals surface area contributed by atoms with Crippen LogP contribution in [0.25, 0.3) is 0 Å². The Labute approximate surface area is 223 Å². The minimum Gasteiger partial charge on any atom is -0.462 e. The number of allylic oxidation sites excluding steroid dienone is 1. The highest BCUT2D eigenvalue weighted by atomic mass is 35.5. The van der Waals surface area contributed by atoms with Crippen LogP contribution in [0.3, 0.4) is 0 Å². The van der Waals surface area contributed by atoms with E-state index in [-0.39, 0.29) is 35.1 Å². The van der Waals surface area contributed by atoms with Crippen LogP contribution in [0.5, 0.6) is 0 Å². The normalized spacial score (nSPS) is 41.8. The number of esters is 1. The Bertz CT molecular complexity index is 1190. The van der Waals surface area contributed by atoms with Crippen LogP contribution in [0.4, 0.5) is 0 Å². The second-order valence-electron chi connectivity index (χ2n) is 12.4. The third-order valence-electron chi connectivity index (χ3n) is 10.9. The number of ether oxygens (including phenoxy) is 1. The number of carbonyl (C=O) groups excluding carboxylic acids is 2. The molecular formula is C30H36ClNO5. The van der Waals surface area contributed by atoms with Crippen LogP contribution in [0.15, 0.2) is 41.1 Å². The van der Waals surface area contributed by atoms with Gasteiger partial charge in [0, 0.05) is 23.8 Å². The second kappa shape index (κ2) is 8.67. The molecule has 1 aromatic rings. The number of benzene rings is 1. The predicted octanol–water partition coefficient (Wildman–Crippen LogP) is 5.50. The first kappa shape index (κ1) is 25.1. The first-order chi connectivity index (χ1) is 17.6. The number of ketones is 1. The van der Waals surface area contributed by atoms with E-state index in [2.05, 4.69) is 25.1 Å². The predicted molar refractivity (Wildman–Crippen MR) is 140 cm³/mol. The Balaban J connectivity index is 1.35. The van der Waals surface area contributed by atoms with Gasteiger partial charge in [-0.1, -0.05) is 54.4 Å². The van der Waals surface area contributed by atoms with Gasteiger partial charge in [0.05, 0.1) is 11.6 Å². The van der Waals surface area contributed by atoms with Crippen molar-refractivity contribution in [1.29, 1.82) is 0 Å². The summed E-state index contributed by atoms with van der Waals surface area (Å²) in [6, 6.07) is 7.56. The summed E-state index contributed by atoms with van der Waals surface area (Å²) in [6.07, 6.45) is 8.78. The molecular weight excluding hydrogens is 490 g/mol. The zero-order valence-electron chi connectivity index (χ0n) is 21.8. The van der Waals surface area contributed by atoms with Gasteiger partial charge < -0.3 is 14.7 Å². The molecule has 1 heterocycles. The third-order valence-corrected chi connectivity index (χ3v) is 11.2. The summed E-state index contributed by atoms with van der Waals surface area (Å²) in [5.41, 5.74) is 1.69. The van der Waals surface area contributed by atoms with E-state index in [1.807, 2.05) is 24.3 Å². The van der Waals surface area contributed by atoms with Crippen molar-refractivity contribution in [1.82, 2.24) is 0 Å². The van der Waals surface area contributed by atoms with E-state index >= 15 is 0 Å². The van der Waals surface area contributed by atoms with Crippen LogP contribution < -0.4 is 0 Å². The van der Waals surface area contributed by atoms with Crippen LogP contribution in [-0.4, -0.2) is 40.9 Å². The maximum Gasteiger partial charge on any atom is 0.302 e. The van der Waals surface area contributed by atoms with Gasteiger partial charge >= 0.3 is 5.97 Å². The lowest BCUT2D eigenvalue weighted by Crippen LogP contribution is -2.60. The number of nitrogens with zero attached hydrogens (tertiary/aromatic N) is 1. The van der Waals surface area contributed by atoms with Crippen LogP contribution in [0.2, 0.25) is 5.02 Å². The zero-order chi connectivity index (χ0) is 26.2. The van der Waals surface area contributed by atoms with E-state index in [9.17, 15) is 14.7 Å². The van der Waals surface area contributed by atoms with Crippen LogP contribution >= 0.6 is 11.6 Å². The summed E-state index contributed by atoms with van der Waals surface area (Å²) in [7, 11) is 0. The molecule has 0 amide bonds. The van der Waals surface area contributed by atoms with Crippen molar-refractivity contribution in [3.05, 3.63) is 46.5 Å². The highest BCUT2D eigenvalue weighted by molar-refractivity contribution is 6.30. The fraction of sp³-hybridized carbons (Fsp3) is 0.633. The summed E-state index contributed by atoms with van der Waals surface area (Å²) in [4.78, 5) is 31.4. The molecule has 5 aliphatic rings. The Hall–Kier alpha value is -2.18. The minimum atomic E-state index is -1.13. The van der Waals surface area contributed by atoms with Crippen molar-refractivity contribution >= 4 is 29.1 Å². The molecule has 0 bridgehead atoms. The van der Waals surface area contributed by atoms with E-state index in [0.29, 0.717) is 16.9 Å². The Morgan fingerprint density at radius 2 is 1.92 bits per heavy atom. The lowest BCUT2D eigenvalue weighted by molar-refractivity contribution is -0.178. The number of aliphatic hydroxyl groups is 1. The molecule has 3 fully saturated rings. The quantitative estimate of drug-likeness (QED) is 0.414. The van der Waals surface area contributed by atoms with E-state index in [1.165, 1.54) is 12.5 Å². The molecule has 6 rings (SSSR count). The van der Waals surface area contributed by atoms with Gasteiger partial charge in [0.15, 0.2) is 0 Å². The highest BCUT2D eigenvalue weighted by Gasteiger charge is 2.74. The molecule has 6 nitrogen and oxygen atoms in total. The minimum absolute atomic E-state index is 0.0231. The second-order valence-corrected chi connectivity index (χ2v) is 12.8. The molecule has 0 saturated heterocycles. The molecule has 37 heavy (non-hydrogen) atoms. The maximum atomic E-state index is 13.6. The number of aliphatic hydroxyl groups excluding tert-OH is 1. The molecule has 7 heteroatoms. The number of fused-ring (bicyclic) bond motifs is 7. The Kier molecular flexibility index (Phi) is 5.89. The van der Waals surface area contributed by atoms with E-state index in [0.717, 1.165) is 56.2 Å². The summed E-state index contributed by atoms with van der Waals surface area (Å²) in [5, 5.41) is 15.3. The van der Waals surface area contributed by atoms with Crippen molar-refractivity contribution in [2.24, 2.45) is 39.7 Å². The first-order valence-corrected chi connectivity index (χ1v) is 14.0. The standard InChI is InChI=1S/C30H36ClNO5/c1-17(34)36-21-10-12-28(2)19(14-21)6-9-22-23(28)11-13-29(3)24(22)15-25-27(18-4-7-20(31)8-5-18)32-37-30(25,29)26(35)16-33/h4-8,21-25,33H,9-16H2,1-3H3/t21-,22+,23-,24-,25-,28-,29-,30-/m0/s1. The monoisotopic (exact) mass is 525 g/mol. The molecule has 1 N–H and O–H groups in total. The fourth-order valence-electron chi connectivity index (χ4n) is 9.21. The molecule has 0 aromatic heterocycles. The van der Waals surface area contributed by atoms with Gasteiger partial charge in [0.1, 0.15) is 12.7 Å². The van der Waals surface area contributed by atoms with Gasteiger partial charge in [-0.3, -0.25) is 9.59 Å². The number of hydrogen-bond donors (Lipinski definition) is 1. The fourth-order valence-corrected chi connectivity index (χ4v) is 9.34. The zero-order valence-corrected chi connectivity index (χ0v) is 22.6. The molecule has 1 aromatic carbocycles. The number of Topliss-reactive ketones (excluding diaryl/α,β-unsaturated/α-hetero) is 1. The summed E-state index contributed by atoms with van der Waals surface area (Å²) in [6.45, 7) is 5.56. The molecule has 1 aliphatic heterocycles.